The van der Waals surface area contributed by atoms with Gasteiger partial charge in [-0.15, -0.1) is 5.10 Å². The van der Waals surface area contributed by atoms with E-state index in [0.717, 1.165) is 0 Å². The Labute approximate surface area is 70.8 Å². The minimum absolute atomic E-state index is 0.0509. The number of nitrogens with zero attached hydrogens (tertiary/aromatic N) is 2. The van der Waals surface area contributed by atoms with Gasteiger partial charge in [0.2, 0.25) is 0 Å². The lowest BCUT2D eigenvalue weighted by Crippen LogP contribution is -2.15. The molecule has 0 fully saturated rings. The predicted octanol–water partition coefficient (Wildman–Crippen LogP) is 1.50. The fourth-order valence-electron chi connectivity index (χ4n) is 0.758. The van der Waals surface area contributed by atoms with Crippen LogP contribution in [0.4, 0.5) is 10.1 Å². The van der Waals surface area contributed by atoms with Crippen LogP contribution < -0.4 is 5.73 Å². The number of nitrogen functional groups attached to an aromatic ring is 1. The summed E-state index contributed by atoms with van der Waals surface area (Å²) < 4.78 is 12.6. The minimum atomic E-state index is -0.706. The SMILES string of the molecule is CC(C)(C)c1cc(N)c(F)nn1. The summed E-state index contributed by atoms with van der Waals surface area (Å²) in [7, 11) is 0. The highest BCUT2D eigenvalue weighted by atomic mass is 19.1. The molecule has 0 unspecified atom stereocenters. The number of hydrogen-bond acceptors (Lipinski definition) is 3. The smallest absolute Gasteiger partial charge is 0.256 e. The normalized spacial score (nSPS) is 11.7. The first-order valence-electron chi connectivity index (χ1n) is 3.70. The second-order valence-electron chi connectivity index (χ2n) is 3.73. The number of anilines is 1. The van der Waals surface area contributed by atoms with Crippen LogP contribution in [0.25, 0.3) is 0 Å². The molecule has 0 aliphatic carbocycles. The lowest BCUT2D eigenvalue weighted by atomic mass is 9.92. The van der Waals surface area contributed by atoms with E-state index in [1.54, 1.807) is 0 Å². The highest BCUT2D eigenvalue weighted by Gasteiger charge is 2.17. The highest BCUT2D eigenvalue weighted by molar-refractivity contribution is 5.37. The van der Waals surface area contributed by atoms with Crippen LogP contribution >= 0.6 is 0 Å². The Balaban J connectivity index is 3.14. The van der Waals surface area contributed by atoms with Gasteiger partial charge in [-0.05, 0) is 6.07 Å². The molecule has 0 aliphatic heterocycles. The molecule has 66 valence electrons. The van der Waals surface area contributed by atoms with Crippen molar-refractivity contribution in [2.45, 2.75) is 26.2 Å². The quantitative estimate of drug-likeness (QED) is 0.640. The van der Waals surface area contributed by atoms with E-state index in [9.17, 15) is 4.39 Å². The van der Waals surface area contributed by atoms with E-state index in [-0.39, 0.29) is 11.1 Å². The maximum Gasteiger partial charge on any atom is 0.256 e. The Morgan fingerprint density at radius 1 is 1.33 bits per heavy atom. The Bertz CT molecular complexity index is 291. The predicted molar refractivity (Wildman–Crippen MR) is 45.1 cm³/mol. The molecule has 0 saturated carbocycles. The summed E-state index contributed by atoms with van der Waals surface area (Å²) in [6, 6.07) is 1.52. The number of nitrogens with two attached hydrogens (primary N) is 1. The average Bonchev–Trinajstić information content (AvgIpc) is 1.92. The molecule has 12 heavy (non-hydrogen) atoms. The maximum atomic E-state index is 12.6. The summed E-state index contributed by atoms with van der Waals surface area (Å²) in [5.74, 6) is -0.706. The van der Waals surface area contributed by atoms with Crippen molar-refractivity contribution in [2.24, 2.45) is 0 Å². The molecule has 3 nitrogen and oxygen atoms in total. The minimum Gasteiger partial charge on any atom is -0.395 e. The van der Waals surface area contributed by atoms with Crippen LogP contribution in [-0.2, 0) is 5.41 Å². The second-order valence-corrected chi connectivity index (χ2v) is 3.73. The van der Waals surface area contributed by atoms with Crippen molar-refractivity contribution in [2.75, 3.05) is 5.73 Å². The number of halogens is 1. The molecule has 0 aromatic carbocycles. The van der Waals surface area contributed by atoms with Gasteiger partial charge >= 0.3 is 0 Å². The van der Waals surface area contributed by atoms with Crippen LogP contribution in [0.5, 0.6) is 0 Å². The monoisotopic (exact) mass is 169 g/mol. The van der Waals surface area contributed by atoms with Gasteiger partial charge < -0.3 is 5.73 Å². The van der Waals surface area contributed by atoms with E-state index >= 15 is 0 Å². The lowest BCUT2D eigenvalue weighted by Gasteiger charge is -2.16. The van der Waals surface area contributed by atoms with Crippen LogP contribution in [0.15, 0.2) is 6.07 Å². The third-order valence-electron chi connectivity index (χ3n) is 1.54. The third kappa shape index (κ3) is 1.69. The summed E-state index contributed by atoms with van der Waals surface area (Å²) in [5.41, 5.74) is 5.94. The summed E-state index contributed by atoms with van der Waals surface area (Å²) in [4.78, 5) is 0. The molecule has 1 aromatic heterocycles. The van der Waals surface area contributed by atoms with Crippen molar-refractivity contribution in [3.63, 3.8) is 0 Å². The van der Waals surface area contributed by atoms with Gasteiger partial charge in [0.15, 0.2) is 0 Å². The van der Waals surface area contributed by atoms with Gasteiger partial charge in [0.05, 0.1) is 11.4 Å². The number of hydrogen-bond donors (Lipinski definition) is 1. The molecule has 0 spiro atoms. The molecule has 0 amide bonds. The van der Waals surface area contributed by atoms with Crippen LogP contribution in [-0.4, -0.2) is 10.2 Å². The molecule has 4 heteroatoms. The van der Waals surface area contributed by atoms with E-state index in [4.69, 9.17) is 5.73 Å². The second kappa shape index (κ2) is 2.69. The molecule has 0 aliphatic rings. The van der Waals surface area contributed by atoms with Gasteiger partial charge in [0.25, 0.3) is 5.95 Å². The molecule has 2 N–H and O–H groups in total. The first-order valence-corrected chi connectivity index (χ1v) is 3.70. The highest BCUT2D eigenvalue weighted by Crippen LogP contribution is 2.21. The molecular weight excluding hydrogens is 157 g/mol. The van der Waals surface area contributed by atoms with Crippen LogP contribution in [0, 0.1) is 5.95 Å². The summed E-state index contributed by atoms with van der Waals surface area (Å²) in [6.45, 7) is 5.90. The molecule has 1 rings (SSSR count). The van der Waals surface area contributed by atoms with Gasteiger partial charge in [-0.2, -0.15) is 9.49 Å². The van der Waals surface area contributed by atoms with Crippen molar-refractivity contribution >= 4 is 5.69 Å². The van der Waals surface area contributed by atoms with Gasteiger partial charge in [-0.25, -0.2) is 0 Å². The largest absolute Gasteiger partial charge is 0.395 e. The number of rotatable bonds is 0. The van der Waals surface area contributed by atoms with E-state index in [0.29, 0.717) is 5.69 Å². The van der Waals surface area contributed by atoms with Crippen molar-refractivity contribution in [1.29, 1.82) is 0 Å². The fourth-order valence-corrected chi connectivity index (χ4v) is 0.758. The van der Waals surface area contributed by atoms with E-state index in [1.807, 2.05) is 20.8 Å². The maximum absolute atomic E-state index is 12.6. The number of aromatic nitrogens is 2. The zero-order chi connectivity index (χ0) is 9.35. The summed E-state index contributed by atoms with van der Waals surface area (Å²) >= 11 is 0. The van der Waals surface area contributed by atoms with Crippen molar-refractivity contribution in [3.05, 3.63) is 17.7 Å². The van der Waals surface area contributed by atoms with Gasteiger partial charge in [-0.1, -0.05) is 20.8 Å². The zero-order valence-electron chi connectivity index (χ0n) is 7.43. The molecule has 0 atom stereocenters. The Kier molecular flexibility index (Phi) is 2.00. The molecular formula is C8H12FN3. The Hall–Kier alpha value is -1.19. The van der Waals surface area contributed by atoms with Gasteiger partial charge in [-0.3, -0.25) is 0 Å². The summed E-state index contributed by atoms with van der Waals surface area (Å²) in [5, 5.41) is 7.01. The Morgan fingerprint density at radius 2 is 1.92 bits per heavy atom. The average molecular weight is 169 g/mol. The van der Waals surface area contributed by atoms with Crippen LogP contribution in [0.2, 0.25) is 0 Å². The van der Waals surface area contributed by atoms with Gasteiger partial charge in [0, 0.05) is 5.41 Å². The van der Waals surface area contributed by atoms with Crippen LogP contribution in [0.1, 0.15) is 26.5 Å². The van der Waals surface area contributed by atoms with E-state index in [2.05, 4.69) is 10.2 Å². The third-order valence-corrected chi connectivity index (χ3v) is 1.54. The molecule has 1 heterocycles. The first-order chi connectivity index (χ1) is 5.41. The van der Waals surface area contributed by atoms with E-state index < -0.39 is 5.95 Å². The first kappa shape index (κ1) is 8.90. The molecule has 0 saturated heterocycles. The van der Waals surface area contributed by atoms with Crippen molar-refractivity contribution in [3.8, 4) is 0 Å². The molecule has 1 aromatic rings. The lowest BCUT2D eigenvalue weighted by molar-refractivity contribution is 0.523. The van der Waals surface area contributed by atoms with Crippen molar-refractivity contribution in [1.82, 2.24) is 10.2 Å². The fraction of sp³-hybridized carbons (Fsp3) is 0.500. The topological polar surface area (TPSA) is 51.8 Å². The van der Waals surface area contributed by atoms with Crippen molar-refractivity contribution < 1.29 is 4.39 Å². The molecule has 0 bridgehead atoms. The standard InChI is InChI=1S/C8H12FN3/c1-8(2,3)6-4-5(10)7(9)12-11-6/h4H,1-3H3,(H2,10,11). The van der Waals surface area contributed by atoms with Gasteiger partial charge in [0.1, 0.15) is 0 Å². The van der Waals surface area contributed by atoms with Crippen LogP contribution in [0.3, 0.4) is 0 Å². The summed E-state index contributed by atoms with van der Waals surface area (Å²) in [6.07, 6.45) is 0. The zero-order valence-corrected chi connectivity index (χ0v) is 7.43. The van der Waals surface area contributed by atoms with E-state index in [1.165, 1.54) is 6.07 Å². The molecule has 0 radical (unpaired) electrons. The Morgan fingerprint density at radius 3 is 2.33 bits per heavy atom.